The van der Waals surface area contributed by atoms with Crippen molar-refractivity contribution in [2.75, 3.05) is 4.90 Å². The number of benzene rings is 3. The molecule has 0 fully saturated rings. The van der Waals surface area contributed by atoms with Gasteiger partial charge in [0.1, 0.15) is 0 Å². The fraction of sp³-hybridized carbons (Fsp3) is 0.138. The number of anilines is 1. The summed E-state index contributed by atoms with van der Waals surface area (Å²) in [6.45, 7) is 4.54. The van der Waals surface area contributed by atoms with Gasteiger partial charge in [-0.25, -0.2) is 4.98 Å². The van der Waals surface area contributed by atoms with Crippen LogP contribution in [0, 0.1) is 13.8 Å². The van der Waals surface area contributed by atoms with E-state index in [9.17, 15) is 4.79 Å². The Morgan fingerprint density at radius 2 is 1.62 bits per heavy atom. The molecule has 2 aromatic heterocycles. The van der Waals surface area contributed by atoms with E-state index >= 15 is 0 Å². The fourth-order valence-corrected chi connectivity index (χ4v) is 5.26. The molecule has 0 atom stereocenters. The number of aromatic nitrogens is 2. The van der Waals surface area contributed by atoms with E-state index in [-0.39, 0.29) is 5.91 Å². The van der Waals surface area contributed by atoms with Crippen molar-refractivity contribution in [3.8, 4) is 11.1 Å². The maximum Gasteiger partial charge on any atom is 0.233 e. The number of rotatable bonds is 6. The van der Waals surface area contributed by atoms with Crippen molar-refractivity contribution in [1.29, 1.82) is 0 Å². The van der Waals surface area contributed by atoms with Gasteiger partial charge in [-0.3, -0.25) is 14.7 Å². The smallest absolute Gasteiger partial charge is 0.233 e. The predicted molar refractivity (Wildman–Crippen MR) is 140 cm³/mol. The number of amides is 1. The normalized spacial score (nSPS) is 11.0. The zero-order valence-corrected chi connectivity index (χ0v) is 20.0. The second-order valence-electron chi connectivity index (χ2n) is 8.47. The molecule has 1 amide bonds. The van der Waals surface area contributed by atoms with Crippen molar-refractivity contribution in [3.05, 3.63) is 114 Å². The average molecular weight is 464 g/mol. The van der Waals surface area contributed by atoms with Crippen LogP contribution in [0.3, 0.4) is 0 Å². The van der Waals surface area contributed by atoms with Gasteiger partial charge in [0.2, 0.25) is 5.91 Å². The van der Waals surface area contributed by atoms with E-state index in [0.29, 0.717) is 18.1 Å². The summed E-state index contributed by atoms with van der Waals surface area (Å²) in [5.41, 5.74) is 7.39. The standard InChI is InChI=1S/C29H25N3OS/c1-20-16-21(2)28-26(17-20)34-29(31-28)32(19-25-10-6-7-15-30-25)27(33)18-22-11-13-24(14-12-22)23-8-4-3-5-9-23/h3-17H,18-19H2,1-2H3. The zero-order valence-electron chi connectivity index (χ0n) is 19.2. The molecule has 0 saturated heterocycles. The third kappa shape index (κ3) is 4.75. The van der Waals surface area contributed by atoms with Gasteiger partial charge in [-0.15, -0.1) is 0 Å². The molecule has 34 heavy (non-hydrogen) atoms. The minimum atomic E-state index is 0.00606. The molecule has 0 radical (unpaired) electrons. The van der Waals surface area contributed by atoms with Crippen LogP contribution in [-0.2, 0) is 17.8 Å². The van der Waals surface area contributed by atoms with E-state index in [0.717, 1.165) is 38.2 Å². The Balaban J connectivity index is 1.44. The van der Waals surface area contributed by atoms with Crippen LogP contribution in [0.2, 0.25) is 0 Å². The number of carbonyl (C=O) groups is 1. The maximum atomic E-state index is 13.6. The molecule has 2 heterocycles. The number of fused-ring (bicyclic) bond motifs is 1. The summed E-state index contributed by atoms with van der Waals surface area (Å²) in [6.07, 6.45) is 2.06. The molecule has 0 aliphatic heterocycles. The molecule has 168 valence electrons. The van der Waals surface area contributed by atoms with Crippen molar-refractivity contribution in [2.24, 2.45) is 0 Å². The van der Waals surface area contributed by atoms with Gasteiger partial charge in [0.25, 0.3) is 0 Å². The van der Waals surface area contributed by atoms with Gasteiger partial charge in [0.05, 0.1) is 28.9 Å². The first-order valence-electron chi connectivity index (χ1n) is 11.3. The molecule has 4 nitrogen and oxygen atoms in total. The number of aryl methyl sites for hydroxylation is 2. The first-order chi connectivity index (χ1) is 16.6. The highest BCUT2D eigenvalue weighted by molar-refractivity contribution is 7.22. The van der Waals surface area contributed by atoms with Crippen LogP contribution >= 0.6 is 11.3 Å². The molecular formula is C29H25N3OS. The zero-order chi connectivity index (χ0) is 23.5. The summed E-state index contributed by atoms with van der Waals surface area (Å²) in [5.74, 6) is 0.00606. The van der Waals surface area contributed by atoms with E-state index in [1.165, 1.54) is 5.56 Å². The summed E-state index contributed by atoms with van der Waals surface area (Å²) in [6, 6.07) is 28.5. The summed E-state index contributed by atoms with van der Waals surface area (Å²) in [4.78, 5) is 24.6. The summed E-state index contributed by atoms with van der Waals surface area (Å²) in [7, 11) is 0. The Morgan fingerprint density at radius 1 is 0.882 bits per heavy atom. The van der Waals surface area contributed by atoms with Crippen molar-refractivity contribution in [1.82, 2.24) is 9.97 Å². The topological polar surface area (TPSA) is 46.1 Å². The van der Waals surface area contributed by atoms with Crippen LogP contribution in [0.4, 0.5) is 5.13 Å². The molecule has 0 aliphatic rings. The largest absolute Gasteiger partial charge is 0.282 e. The number of thiazole rings is 1. The summed E-state index contributed by atoms with van der Waals surface area (Å²) < 4.78 is 1.10. The van der Waals surface area contributed by atoms with E-state index in [1.54, 1.807) is 22.4 Å². The maximum absolute atomic E-state index is 13.6. The first-order valence-corrected chi connectivity index (χ1v) is 12.1. The summed E-state index contributed by atoms with van der Waals surface area (Å²) >= 11 is 1.56. The van der Waals surface area contributed by atoms with Gasteiger partial charge in [-0.1, -0.05) is 78.1 Å². The Bertz CT molecular complexity index is 1430. The second-order valence-corrected chi connectivity index (χ2v) is 9.47. The number of hydrogen-bond acceptors (Lipinski definition) is 4. The highest BCUT2D eigenvalue weighted by Crippen LogP contribution is 2.33. The third-order valence-electron chi connectivity index (χ3n) is 5.81. The molecule has 5 rings (SSSR count). The minimum absolute atomic E-state index is 0.00606. The van der Waals surface area contributed by atoms with Gasteiger partial charge >= 0.3 is 0 Å². The molecule has 0 bridgehead atoms. The quantitative estimate of drug-likeness (QED) is 0.280. The van der Waals surface area contributed by atoms with Crippen LogP contribution in [0.25, 0.3) is 21.3 Å². The number of hydrogen-bond donors (Lipinski definition) is 0. The highest BCUT2D eigenvalue weighted by Gasteiger charge is 2.21. The van der Waals surface area contributed by atoms with Crippen LogP contribution < -0.4 is 4.90 Å². The molecule has 0 saturated carbocycles. The number of carbonyl (C=O) groups excluding carboxylic acids is 1. The lowest BCUT2D eigenvalue weighted by atomic mass is 10.0. The molecule has 3 aromatic carbocycles. The average Bonchev–Trinajstić information content (AvgIpc) is 3.28. The molecule has 0 aliphatic carbocycles. The highest BCUT2D eigenvalue weighted by atomic mass is 32.1. The monoisotopic (exact) mass is 463 g/mol. The van der Waals surface area contributed by atoms with Gasteiger partial charge in [0, 0.05) is 6.20 Å². The van der Waals surface area contributed by atoms with Crippen LogP contribution in [-0.4, -0.2) is 15.9 Å². The predicted octanol–water partition coefficient (Wildman–Crippen LogP) is 6.75. The molecular weight excluding hydrogens is 438 g/mol. The van der Waals surface area contributed by atoms with Crippen molar-refractivity contribution >= 4 is 32.6 Å². The van der Waals surface area contributed by atoms with E-state index in [4.69, 9.17) is 4.98 Å². The third-order valence-corrected chi connectivity index (χ3v) is 6.84. The van der Waals surface area contributed by atoms with E-state index in [2.05, 4.69) is 55.2 Å². The minimum Gasteiger partial charge on any atom is -0.282 e. The lowest BCUT2D eigenvalue weighted by Gasteiger charge is -2.19. The first kappa shape index (κ1) is 22.0. The van der Waals surface area contributed by atoms with Crippen LogP contribution in [0.5, 0.6) is 0 Å². The Kier molecular flexibility index (Phi) is 6.19. The summed E-state index contributed by atoms with van der Waals surface area (Å²) in [5, 5.41) is 0.709. The molecule has 0 spiro atoms. The Labute approximate surface area is 203 Å². The lowest BCUT2D eigenvalue weighted by molar-refractivity contribution is -0.118. The number of pyridine rings is 1. The number of nitrogens with zero attached hydrogens (tertiary/aromatic N) is 3. The lowest BCUT2D eigenvalue weighted by Crippen LogP contribution is -2.32. The molecule has 0 unspecified atom stereocenters. The van der Waals surface area contributed by atoms with Crippen LogP contribution in [0.15, 0.2) is 91.1 Å². The van der Waals surface area contributed by atoms with E-state index < -0.39 is 0 Å². The van der Waals surface area contributed by atoms with E-state index in [1.807, 2.05) is 48.5 Å². The van der Waals surface area contributed by atoms with Crippen molar-refractivity contribution in [2.45, 2.75) is 26.8 Å². The molecule has 0 N–H and O–H groups in total. The SMILES string of the molecule is Cc1cc(C)c2nc(N(Cc3ccccn3)C(=O)Cc3ccc(-c4ccccc4)cc3)sc2c1. The molecule has 5 aromatic rings. The van der Waals surface area contributed by atoms with Crippen molar-refractivity contribution < 1.29 is 4.79 Å². The van der Waals surface area contributed by atoms with Gasteiger partial charge in [-0.2, -0.15) is 0 Å². The van der Waals surface area contributed by atoms with Gasteiger partial charge in [0.15, 0.2) is 5.13 Å². The Morgan fingerprint density at radius 3 is 2.35 bits per heavy atom. The van der Waals surface area contributed by atoms with Gasteiger partial charge in [-0.05, 0) is 59.9 Å². The molecule has 5 heteroatoms. The second kappa shape index (κ2) is 9.57. The van der Waals surface area contributed by atoms with Crippen LogP contribution in [0.1, 0.15) is 22.4 Å². The van der Waals surface area contributed by atoms with Gasteiger partial charge < -0.3 is 0 Å². The van der Waals surface area contributed by atoms with Crippen molar-refractivity contribution in [3.63, 3.8) is 0 Å². The Hall–Kier alpha value is -3.83. The fourth-order valence-electron chi connectivity index (χ4n) is 4.11.